The molecule has 1 amide bonds. The van der Waals surface area contributed by atoms with Crippen molar-refractivity contribution >= 4 is 11.6 Å². The van der Waals surface area contributed by atoms with E-state index in [1.807, 2.05) is 0 Å². The second kappa shape index (κ2) is 6.06. The van der Waals surface area contributed by atoms with Gasteiger partial charge in [0.25, 0.3) is 0 Å². The molecule has 1 aromatic carbocycles. The van der Waals surface area contributed by atoms with Gasteiger partial charge in [-0.3, -0.25) is 4.79 Å². The van der Waals surface area contributed by atoms with E-state index in [0.717, 1.165) is 39.0 Å². The van der Waals surface area contributed by atoms with Crippen LogP contribution in [0.15, 0.2) is 24.3 Å². The predicted molar refractivity (Wildman–Crippen MR) is 85.3 cm³/mol. The second-order valence-electron chi connectivity index (χ2n) is 6.37. The number of rotatable bonds is 1. The number of benzene rings is 1. The second-order valence-corrected chi connectivity index (χ2v) is 6.37. The lowest BCUT2D eigenvalue weighted by molar-refractivity contribution is -0.138. The van der Waals surface area contributed by atoms with Crippen molar-refractivity contribution in [2.45, 2.75) is 32.4 Å². The van der Waals surface area contributed by atoms with Crippen molar-refractivity contribution < 1.29 is 4.79 Å². The van der Waals surface area contributed by atoms with Gasteiger partial charge in [-0.2, -0.15) is 0 Å². The van der Waals surface area contributed by atoms with Gasteiger partial charge in [-0.15, -0.1) is 0 Å². The number of para-hydroxylation sites is 1. The minimum Gasteiger partial charge on any atom is -0.372 e. The number of amides is 1. The molecule has 1 aromatic rings. The van der Waals surface area contributed by atoms with Gasteiger partial charge < -0.3 is 15.1 Å². The number of nitrogens with zero attached hydrogens (tertiary/aromatic N) is 2. The molecule has 4 heteroatoms. The summed E-state index contributed by atoms with van der Waals surface area (Å²) >= 11 is 0. The fourth-order valence-corrected chi connectivity index (χ4v) is 3.54. The van der Waals surface area contributed by atoms with E-state index in [0.29, 0.717) is 5.91 Å². The lowest BCUT2D eigenvalue weighted by Gasteiger charge is -2.33. The van der Waals surface area contributed by atoms with Gasteiger partial charge in [0.15, 0.2) is 0 Å². The molecular weight excluding hydrogens is 262 g/mol. The van der Waals surface area contributed by atoms with Gasteiger partial charge in [0.2, 0.25) is 5.91 Å². The number of piperidine rings is 1. The Bertz CT molecular complexity index is 511. The summed E-state index contributed by atoms with van der Waals surface area (Å²) in [4.78, 5) is 17.3. The minimum atomic E-state index is 0.150. The highest BCUT2D eigenvalue weighted by molar-refractivity contribution is 5.80. The van der Waals surface area contributed by atoms with E-state index < -0.39 is 0 Å². The maximum atomic E-state index is 12.9. The molecule has 2 unspecified atom stereocenters. The van der Waals surface area contributed by atoms with Crippen molar-refractivity contribution in [2.75, 3.05) is 31.6 Å². The Morgan fingerprint density at radius 3 is 2.90 bits per heavy atom. The third-order valence-electron chi connectivity index (χ3n) is 4.74. The number of carbonyl (C=O) groups excluding carboxylic acids is 1. The number of hydrogen-bond donors (Lipinski definition) is 1. The first kappa shape index (κ1) is 14.4. The molecule has 2 aliphatic heterocycles. The molecule has 0 radical (unpaired) electrons. The molecule has 114 valence electrons. The standard InChI is InChI=1S/C17H25N3O/c1-13-11-19(2)16-8-4-3-6-15(16)12-20(13)17(21)14-7-5-9-18-10-14/h3-4,6,8,13-14,18H,5,7,9-12H2,1-2H3. The zero-order valence-corrected chi connectivity index (χ0v) is 13.0. The number of anilines is 1. The Morgan fingerprint density at radius 2 is 2.14 bits per heavy atom. The van der Waals surface area contributed by atoms with E-state index in [1.165, 1.54) is 11.3 Å². The van der Waals surface area contributed by atoms with Gasteiger partial charge >= 0.3 is 0 Å². The summed E-state index contributed by atoms with van der Waals surface area (Å²) in [6.45, 7) is 5.67. The van der Waals surface area contributed by atoms with Crippen LogP contribution in [-0.4, -0.2) is 43.5 Å². The Labute approximate surface area is 127 Å². The number of hydrogen-bond acceptors (Lipinski definition) is 3. The third kappa shape index (κ3) is 2.91. The summed E-state index contributed by atoms with van der Waals surface area (Å²) in [5.74, 6) is 0.469. The first-order valence-electron chi connectivity index (χ1n) is 7.97. The average Bonchev–Trinajstić information content (AvgIpc) is 2.64. The molecule has 21 heavy (non-hydrogen) atoms. The van der Waals surface area contributed by atoms with E-state index in [1.54, 1.807) is 0 Å². The minimum absolute atomic E-state index is 0.150. The van der Waals surface area contributed by atoms with Crippen LogP contribution >= 0.6 is 0 Å². The van der Waals surface area contributed by atoms with Crippen LogP contribution in [0.2, 0.25) is 0 Å². The summed E-state index contributed by atoms with van der Waals surface area (Å²) in [6, 6.07) is 8.68. The van der Waals surface area contributed by atoms with Crippen LogP contribution in [0.25, 0.3) is 0 Å². The first-order valence-corrected chi connectivity index (χ1v) is 7.97. The quantitative estimate of drug-likeness (QED) is 0.856. The molecule has 4 nitrogen and oxygen atoms in total. The van der Waals surface area contributed by atoms with E-state index in [2.05, 4.69) is 53.4 Å². The lowest BCUT2D eigenvalue weighted by Crippen LogP contribution is -2.48. The molecule has 1 saturated heterocycles. The Balaban J connectivity index is 1.83. The number of likely N-dealkylation sites (N-methyl/N-ethyl adjacent to an activating group) is 1. The summed E-state index contributed by atoms with van der Waals surface area (Å²) in [6.07, 6.45) is 2.13. The fourth-order valence-electron chi connectivity index (χ4n) is 3.54. The highest BCUT2D eigenvalue weighted by atomic mass is 16.2. The lowest BCUT2D eigenvalue weighted by atomic mass is 9.97. The van der Waals surface area contributed by atoms with Crippen molar-refractivity contribution in [3.8, 4) is 0 Å². The molecule has 1 N–H and O–H groups in total. The van der Waals surface area contributed by atoms with Crippen LogP contribution in [0.4, 0.5) is 5.69 Å². The maximum Gasteiger partial charge on any atom is 0.227 e. The van der Waals surface area contributed by atoms with Crippen molar-refractivity contribution in [3.05, 3.63) is 29.8 Å². The Hall–Kier alpha value is -1.55. The Kier molecular flexibility index (Phi) is 4.15. The van der Waals surface area contributed by atoms with Gasteiger partial charge in [-0.05, 0) is 37.9 Å². The zero-order chi connectivity index (χ0) is 14.8. The van der Waals surface area contributed by atoms with Crippen LogP contribution in [0, 0.1) is 5.92 Å². The van der Waals surface area contributed by atoms with Crippen LogP contribution in [0.5, 0.6) is 0 Å². The predicted octanol–water partition coefficient (Wildman–Crippen LogP) is 1.85. The first-order chi connectivity index (χ1) is 10.2. The fraction of sp³-hybridized carbons (Fsp3) is 0.588. The van der Waals surface area contributed by atoms with E-state index in [9.17, 15) is 4.79 Å². The van der Waals surface area contributed by atoms with Crippen molar-refractivity contribution in [2.24, 2.45) is 5.92 Å². The topological polar surface area (TPSA) is 35.6 Å². The van der Waals surface area contributed by atoms with Gasteiger partial charge in [-0.1, -0.05) is 18.2 Å². The zero-order valence-electron chi connectivity index (χ0n) is 13.0. The van der Waals surface area contributed by atoms with Crippen LogP contribution in [0.1, 0.15) is 25.3 Å². The molecule has 0 aliphatic carbocycles. The van der Waals surface area contributed by atoms with Crippen molar-refractivity contribution in [1.29, 1.82) is 0 Å². The van der Waals surface area contributed by atoms with E-state index in [4.69, 9.17) is 0 Å². The summed E-state index contributed by atoms with van der Waals surface area (Å²) in [7, 11) is 2.12. The molecule has 0 bridgehead atoms. The molecule has 0 saturated carbocycles. The Morgan fingerprint density at radius 1 is 1.33 bits per heavy atom. The van der Waals surface area contributed by atoms with E-state index >= 15 is 0 Å². The van der Waals surface area contributed by atoms with Gasteiger partial charge in [0, 0.05) is 38.4 Å². The highest BCUT2D eigenvalue weighted by Crippen LogP contribution is 2.27. The van der Waals surface area contributed by atoms with Gasteiger partial charge in [0.1, 0.15) is 0 Å². The number of carbonyl (C=O) groups is 1. The van der Waals surface area contributed by atoms with Gasteiger partial charge in [0.05, 0.1) is 5.92 Å². The van der Waals surface area contributed by atoms with Crippen LogP contribution in [0.3, 0.4) is 0 Å². The SMILES string of the molecule is CC1CN(C)c2ccccc2CN1C(=O)C1CCCNC1. The molecule has 2 heterocycles. The summed E-state index contributed by atoms with van der Waals surface area (Å²) < 4.78 is 0. The smallest absolute Gasteiger partial charge is 0.227 e. The summed E-state index contributed by atoms with van der Waals surface area (Å²) in [5.41, 5.74) is 2.50. The molecule has 2 atom stereocenters. The molecule has 0 aromatic heterocycles. The van der Waals surface area contributed by atoms with Crippen LogP contribution < -0.4 is 10.2 Å². The molecule has 1 fully saturated rings. The molecule has 0 spiro atoms. The number of nitrogens with one attached hydrogen (secondary N) is 1. The number of fused-ring (bicyclic) bond motifs is 1. The van der Waals surface area contributed by atoms with E-state index in [-0.39, 0.29) is 12.0 Å². The average molecular weight is 287 g/mol. The molecule has 2 aliphatic rings. The maximum absolute atomic E-state index is 12.9. The summed E-state index contributed by atoms with van der Waals surface area (Å²) in [5, 5.41) is 3.36. The molecular formula is C17H25N3O. The monoisotopic (exact) mass is 287 g/mol. The highest BCUT2D eigenvalue weighted by Gasteiger charge is 2.31. The van der Waals surface area contributed by atoms with Crippen molar-refractivity contribution in [1.82, 2.24) is 10.2 Å². The van der Waals surface area contributed by atoms with Crippen molar-refractivity contribution in [3.63, 3.8) is 0 Å². The molecule has 3 rings (SSSR count). The third-order valence-corrected chi connectivity index (χ3v) is 4.74. The van der Waals surface area contributed by atoms with Crippen LogP contribution in [-0.2, 0) is 11.3 Å². The largest absolute Gasteiger partial charge is 0.372 e. The van der Waals surface area contributed by atoms with Gasteiger partial charge in [-0.25, -0.2) is 0 Å². The normalized spacial score (nSPS) is 26.2.